The van der Waals surface area contributed by atoms with Gasteiger partial charge in [-0.3, -0.25) is 0 Å². The third kappa shape index (κ3) is 3.45. The number of thiophene rings is 1. The average Bonchev–Trinajstić information content (AvgIpc) is 2.87. The second-order valence-corrected chi connectivity index (χ2v) is 8.14. The Morgan fingerprint density at radius 2 is 2.00 bits per heavy atom. The predicted molar refractivity (Wildman–Crippen MR) is 87.8 cm³/mol. The van der Waals surface area contributed by atoms with Gasteiger partial charge >= 0.3 is 0 Å². The van der Waals surface area contributed by atoms with Crippen molar-refractivity contribution in [2.45, 2.75) is 38.3 Å². The normalized spacial score (nSPS) is 12.2. The van der Waals surface area contributed by atoms with E-state index in [1.165, 1.54) is 4.31 Å². The summed E-state index contributed by atoms with van der Waals surface area (Å²) in [6.45, 7) is 5.93. The quantitative estimate of drug-likeness (QED) is 0.859. The summed E-state index contributed by atoms with van der Waals surface area (Å²) >= 11 is 1.56. The summed E-state index contributed by atoms with van der Waals surface area (Å²) < 4.78 is 27.4. The maximum atomic E-state index is 12.9. The fourth-order valence-corrected chi connectivity index (χ4v) is 4.80. The highest BCUT2D eigenvalue weighted by molar-refractivity contribution is 7.89. The molecule has 6 heteroatoms. The zero-order valence-electron chi connectivity index (χ0n) is 12.4. The van der Waals surface area contributed by atoms with Crippen LogP contribution in [0.25, 0.3) is 0 Å². The molecular formula is C15H20N2O2S2. The molecule has 0 unspecified atom stereocenters. The monoisotopic (exact) mass is 324 g/mol. The Bertz CT molecular complexity index is 707. The highest BCUT2D eigenvalue weighted by Gasteiger charge is 2.28. The number of nitrogen functional groups attached to an aromatic ring is 1. The van der Waals surface area contributed by atoms with Crippen LogP contribution in [0.15, 0.2) is 40.6 Å². The third-order valence-corrected chi connectivity index (χ3v) is 6.30. The summed E-state index contributed by atoms with van der Waals surface area (Å²) in [5, 5.41) is 1.95. The first-order valence-electron chi connectivity index (χ1n) is 6.72. The van der Waals surface area contributed by atoms with Crippen LogP contribution in [0.2, 0.25) is 0 Å². The van der Waals surface area contributed by atoms with Gasteiger partial charge in [-0.05, 0) is 56.0 Å². The molecule has 0 aliphatic rings. The van der Waals surface area contributed by atoms with Crippen molar-refractivity contribution in [1.82, 2.24) is 4.31 Å². The number of nitrogens with two attached hydrogens (primary N) is 1. The fraction of sp³-hybridized carbons (Fsp3) is 0.333. The average molecular weight is 324 g/mol. The van der Waals surface area contributed by atoms with Gasteiger partial charge in [0.1, 0.15) is 0 Å². The predicted octanol–water partition coefficient (Wildman–Crippen LogP) is 3.24. The Kier molecular flexibility index (Phi) is 4.70. The minimum atomic E-state index is -3.54. The van der Waals surface area contributed by atoms with Gasteiger partial charge in [-0.25, -0.2) is 8.42 Å². The highest BCUT2D eigenvalue weighted by Crippen LogP contribution is 2.26. The summed E-state index contributed by atoms with van der Waals surface area (Å²) in [5.41, 5.74) is 6.95. The first kappa shape index (κ1) is 16.0. The van der Waals surface area contributed by atoms with E-state index in [9.17, 15) is 8.42 Å². The largest absolute Gasteiger partial charge is 0.399 e. The van der Waals surface area contributed by atoms with Gasteiger partial charge in [-0.2, -0.15) is 4.31 Å². The number of aryl methyl sites for hydroxylation is 1. The number of hydrogen-bond donors (Lipinski definition) is 1. The molecule has 0 saturated heterocycles. The van der Waals surface area contributed by atoms with Crippen LogP contribution < -0.4 is 5.73 Å². The van der Waals surface area contributed by atoms with Gasteiger partial charge in [0.2, 0.25) is 10.0 Å². The summed E-state index contributed by atoms with van der Waals surface area (Å²) in [6.07, 6.45) is 0. The van der Waals surface area contributed by atoms with Crippen LogP contribution in [0.3, 0.4) is 0 Å². The molecule has 0 atom stereocenters. The van der Waals surface area contributed by atoms with Crippen molar-refractivity contribution < 1.29 is 8.42 Å². The van der Waals surface area contributed by atoms with Crippen molar-refractivity contribution in [2.24, 2.45) is 0 Å². The SMILES string of the molecule is Cc1cc(N)ccc1S(=O)(=O)N(Cc1cccs1)C(C)C. The molecular weight excluding hydrogens is 304 g/mol. The smallest absolute Gasteiger partial charge is 0.243 e. The Labute approximate surface area is 130 Å². The second-order valence-electron chi connectivity index (χ2n) is 5.25. The molecule has 1 aromatic carbocycles. The molecule has 0 spiro atoms. The third-order valence-electron chi connectivity index (χ3n) is 3.25. The van der Waals surface area contributed by atoms with E-state index in [2.05, 4.69) is 0 Å². The van der Waals surface area contributed by atoms with Crippen LogP contribution in [0.4, 0.5) is 5.69 Å². The summed E-state index contributed by atoms with van der Waals surface area (Å²) in [4.78, 5) is 1.35. The Morgan fingerprint density at radius 1 is 1.29 bits per heavy atom. The van der Waals surface area contributed by atoms with E-state index in [0.717, 1.165) is 4.88 Å². The van der Waals surface area contributed by atoms with Crippen molar-refractivity contribution >= 4 is 27.0 Å². The number of anilines is 1. The van der Waals surface area contributed by atoms with E-state index in [-0.39, 0.29) is 6.04 Å². The van der Waals surface area contributed by atoms with Crippen LogP contribution in [-0.4, -0.2) is 18.8 Å². The molecule has 0 aliphatic carbocycles. The van der Waals surface area contributed by atoms with Crippen molar-refractivity contribution in [3.63, 3.8) is 0 Å². The Balaban J connectivity index is 2.42. The molecule has 0 amide bonds. The van der Waals surface area contributed by atoms with Gasteiger partial charge in [0.15, 0.2) is 0 Å². The molecule has 0 radical (unpaired) electrons. The lowest BCUT2D eigenvalue weighted by Crippen LogP contribution is -2.36. The van der Waals surface area contributed by atoms with Crippen molar-refractivity contribution in [2.75, 3.05) is 5.73 Å². The molecule has 1 aromatic heterocycles. The number of rotatable bonds is 5. The molecule has 0 bridgehead atoms. The van der Waals surface area contributed by atoms with Crippen molar-refractivity contribution in [3.8, 4) is 0 Å². The summed E-state index contributed by atoms with van der Waals surface area (Å²) in [5.74, 6) is 0. The van der Waals surface area contributed by atoms with Crippen LogP contribution in [0.1, 0.15) is 24.3 Å². The van der Waals surface area contributed by atoms with Gasteiger partial charge in [-0.1, -0.05) is 6.07 Å². The van der Waals surface area contributed by atoms with Gasteiger partial charge in [0, 0.05) is 23.2 Å². The van der Waals surface area contributed by atoms with Crippen LogP contribution >= 0.6 is 11.3 Å². The fourth-order valence-electron chi connectivity index (χ4n) is 2.19. The molecule has 2 N–H and O–H groups in total. The minimum absolute atomic E-state index is 0.117. The summed E-state index contributed by atoms with van der Waals surface area (Å²) in [7, 11) is -3.54. The van der Waals surface area contributed by atoms with E-state index in [0.29, 0.717) is 22.7 Å². The molecule has 0 saturated carbocycles. The van der Waals surface area contributed by atoms with Crippen LogP contribution in [0, 0.1) is 6.92 Å². The molecule has 1 heterocycles. The topological polar surface area (TPSA) is 63.4 Å². The first-order valence-corrected chi connectivity index (χ1v) is 9.04. The van der Waals surface area contributed by atoms with Gasteiger partial charge in [0.05, 0.1) is 4.90 Å². The summed E-state index contributed by atoms with van der Waals surface area (Å²) in [6, 6.07) is 8.67. The van der Waals surface area contributed by atoms with Crippen molar-refractivity contribution in [1.29, 1.82) is 0 Å². The van der Waals surface area contributed by atoms with E-state index < -0.39 is 10.0 Å². The van der Waals surface area contributed by atoms with Gasteiger partial charge in [-0.15, -0.1) is 11.3 Å². The number of nitrogens with zero attached hydrogens (tertiary/aromatic N) is 1. The lowest BCUT2D eigenvalue weighted by atomic mass is 10.2. The van der Waals surface area contributed by atoms with Gasteiger partial charge < -0.3 is 5.73 Å². The standard InChI is InChI=1S/C15H20N2O2S2/c1-11(2)17(10-14-5-4-8-20-14)21(18,19)15-7-6-13(16)9-12(15)3/h4-9,11H,10,16H2,1-3H3. The molecule has 0 fully saturated rings. The van der Waals surface area contributed by atoms with Crippen LogP contribution in [0.5, 0.6) is 0 Å². The van der Waals surface area contributed by atoms with E-state index in [4.69, 9.17) is 5.73 Å². The first-order chi connectivity index (χ1) is 9.82. The maximum absolute atomic E-state index is 12.9. The number of hydrogen-bond acceptors (Lipinski definition) is 4. The molecule has 2 rings (SSSR count). The van der Waals surface area contributed by atoms with Crippen molar-refractivity contribution in [3.05, 3.63) is 46.2 Å². The van der Waals surface area contributed by atoms with Crippen LogP contribution in [-0.2, 0) is 16.6 Å². The molecule has 21 heavy (non-hydrogen) atoms. The lowest BCUT2D eigenvalue weighted by molar-refractivity contribution is 0.350. The number of benzene rings is 1. The molecule has 114 valence electrons. The Morgan fingerprint density at radius 3 is 2.52 bits per heavy atom. The zero-order chi connectivity index (χ0) is 15.6. The lowest BCUT2D eigenvalue weighted by Gasteiger charge is -2.26. The van der Waals surface area contributed by atoms with E-state index >= 15 is 0 Å². The van der Waals surface area contributed by atoms with Gasteiger partial charge in [0.25, 0.3) is 0 Å². The molecule has 0 aliphatic heterocycles. The maximum Gasteiger partial charge on any atom is 0.243 e. The minimum Gasteiger partial charge on any atom is -0.399 e. The Hall–Kier alpha value is -1.37. The van der Waals surface area contributed by atoms with E-state index in [1.807, 2.05) is 31.4 Å². The highest BCUT2D eigenvalue weighted by atomic mass is 32.2. The van der Waals surface area contributed by atoms with E-state index in [1.54, 1.807) is 36.5 Å². The second kappa shape index (κ2) is 6.17. The zero-order valence-corrected chi connectivity index (χ0v) is 14.0. The number of sulfonamides is 1. The molecule has 2 aromatic rings. The molecule has 4 nitrogen and oxygen atoms in total.